The lowest BCUT2D eigenvalue weighted by Crippen LogP contribution is -2.04. The highest BCUT2D eigenvalue weighted by molar-refractivity contribution is 6.08. The molecule has 6 heteroatoms. The zero-order chi connectivity index (χ0) is 27.3. The quantitative estimate of drug-likeness (QED) is 0.115. The fourth-order valence-corrected chi connectivity index (χ4v) is 5.77. The molecule has 0 fully saturated rings. The molecule has 4 aromatic carbocycles. The number of para-hydroxylation sites is 2. The predicted molar refractivity (Wildman–Crippen MR) is 187 cm³/mol. The first-order valence-electron chi connectivity index (χ1n) is 14.7. The zero-order valence-corrected chi connectivity index (χ0v) is 26.1. The lowest BCUT2D eigenvalue weighted by atomic mass is 10.1. The smallest absolute Gasteiger partial charge is 0.0733 e. The second-order valence-corrected chi connectivity index (χ2v) is 11.0. The van der Waals surface area contributed by atoms with Crippen molar-refractivity contribution in [3.8, 4) is 0 Å². The van der Waals surface area contributed by atoms with E-state index in [9.17, 15) is 0 Å². The molecule has 0 radical (unpaired) electrons. The molecule has 0 saturated carbocycles. The summed E-state index contributed by atoms with van der Waals surface area (Å²) in [4.78, 5) is 9.79. The van der Waals surface area contributed by atoms with Gasteiger partial charge in [0.1, 0.15) is 0 Å². The molecule has 2 N–H and O–H groups in total. The van der Waals surface area contributed by atoms with Crippen LogP contribution in [-0.2, 0) is 0 Å². The van der Waals surface area contributed by atoms with Crippen molar-refractivity contribution in [3.63, 3.8) is 0 Å². The van der Waals surface area contributed by atoms with Crippen molar-refractivity contribution in [2.45, 2.75) is 52.4 Å². The second kappa shape index (κ2) is 14.5. The molecule has 0 bridgehead atoms. The van der Waals surface area contributed by atoms with Gasteiger partial charge in [0.2, 0.25) is 0 Å². The van der Waals surface area contributed by atoms with E-state index in [1.54, 1.807) is 0 Å². The maximum absolute atomic E-state index is 4.90. The van der Waals surface area contributed by atoms with Gasteiger partial charge in [0.25, 0.3) is 0 Å². The molecule has 6 aromatic rings. The summed E-state index contributed by atoms with van der Waals surface area (Å²) in [5.74, 6) is 0. The van der Waals surface area contributed by atoms with Gasteiger partial charge in [-0.3, -0.25) is 0 Å². The van der Waals surface area contributed by atoms with Crippen LogP contribution in [0, 0.1) is 13.8 Å². The van der Waals surface area contributed by atoms with Crippen molar-refractivity contribution < 1.29 is 0 Å². The molecular weight excluding hydrogens is 559 g/mol. The van der Waals surface area contributed by atoms with Crippen LogP contribution in [0.4, 0.5) is 11.4 Å². The number of fused-ring (bicyclic) bond motifs is 4. The number of aromatic nitrogens is 2. The topological polar surface area (TPSA) is 49.8 Å². The van der Waals surface area contributed by atoms with E-state index in [1.165, 1.54) is 82.6 Å². The van der Waals surface area contributed by atoms with Gasteiger partial charge >= 0.3 is 0 Å². The number of unbranched alkanes of at least 4 members (excludes halogenated alkanes) is 5. The number of halogens is 2. The van der Waals surface area contributed by atoms with Crippen LogP contribution in [0.25, 0.3) is 43.6 Å². The van der Waals surface area contributed by atoms with Gasteiger partial charge in [0, 0.05) is 34.6 Å². The maximum atomic E-state index is 4.90. The first kappa shape index (κ1) is 31.3. The van der Waals surface area contributed by atoms with Gasteiger partial charge in [-0.1, -0.05) is 86.3 Å². The standard InChI is InChI=1S/C36H38N4.2ClH/c1-25-17-19-29-33(23-25)39-31-15-9-7-13-27(31)35(29)37-21-11-5-3-4-6-12-22-38-36-28-14-8-10-16-32(28)40-34-24-26(2)18-20-30(34)36;;/h7-10,13-20,23-24H,3-6,11-12,21-22H2,1-2H3,(H,37,39)(H,38,40);2*1H. The van der Waals surface area contributed by atoms with Gasteiger partial charge in [-0.05, 0) is 62.1 Å². The molecule has 0 aliphatic carbocycles. The van der Waals surface area contributed by atoms with Crippen molar-refractivity contribution in [1.29, 1.82) is 0 Å². The molecule has 2 aromatic heterocycles. The molecular formula is C36H40Cl2N4. The van der Waals surface area contributed by atoms with Crippen LogP contribution in [0.1, 0.15) is 49.7 Å². The largest absolute Gasteiger partial charge is 0.384 e. The summed E-state index contributed by atoms with van der Waals surface area (Å²) in [6.45, 7) is 6.23. The van der Waals surface area contributed by atoms with Crippen molar-refractivity contribution in [3.05, 3.63) is 96.1 Å². The summed E-state index contributed by atoms with van der Waals surface area (Å²) in [6, 6.07) is 30.1. The van der Waals surface area contributed by atoms with Crippen LogP contribution in [0.3, 0.4) is 0 Å². The number of rotatable bonds is 11. The zero-order valence-electron chi connectivity index (χ0n) is 24.5. The van der Waals surface area contributed by atoms with Gasteiger partial charge < -0.3 is 10.6 Å². The Balaban J connectivity index is 0.00000202. The Bertz CT molecular complexity index is 1670. The normalized spacial score (nSPS) is 11.0. The van der Waals surface area contributed by atoms with E-state index in [0.717, 1.165) is 35.2 Å². The van der Waals surface area contributed by atoms with Gasteiger partial charge in [0.05, 0.1) is 33.4 Å². The Hall–Kier alpha value is -3.60. The van der Waals surface area contributed by atoms with Crippen molar-refractivity contribution in [2.75, 3.05) is 23.7 Å². The SMILES string of the molecule is Cc1ccc2c(NCCCCCCCCNc3c4ccccc4nc4cc(C)ccc34)c3ccccc3nc2c1.Cl.Cl. The van der Waals surface area contributed by atoms with Crippen LogP contribution in [-0.4, -0.2) is 23.1 Å². The van der Waals surface area contributed by atoms with Crippen molar-refractivity contribution in [1.82, 2.24) is 9.97 Å². The second-order valence-electron chi connectivity index (χ2n) is 11.0. The third-order valence-corrected chi connectivity index (χ3v) is 7.88. The number of hydrogen-bond donors (Lipinski definition) is 2. The van der Waals surface area contributed by atoms with Gasteiger partial charge in [-0.25, -0.2) is 9.97 Å². The van der Waals surface area contributed by atoms with Crippen LogP contribution in [0.5, 0.6) is 0 Å². The summed E-state index contributed by atoms with van der Waals surface area (Å²) in [5.41, 5.74) is 9.17. The Morgan fingerprint density at radius 2 is 0.833 bits per heavy atom. The molecule has 0 aliphatic rings. The molecule has 0 saturated heterocycles. The highest BCUT2D eigenvalue weighted by Crippen LogP contribution is 2.32. The number of nitrogens with zero attached hydrogens (tertiary/aromatic N) is 2. The Kier molecular flexibility index (Phi) is 10.8. The fraction of sp³-hybridized carbons (Fsp3) is 0.278. The van der Waals surface area contributed by atoms with Gasteiger partial charge in [0.15, 0.2) is 0 Å². The molecule has 0 spiro atoms. The van der Waals surface area contributed by atoms with Crippen LogP contribution < -0.4 is 10.6 Å². The minimum atomic E-state index is 0. The summed E-state index contributed by atoms with van der Waals surface area (Å²) < 4.78 is 0. The highest BCUT2D eigenvalue weighted by atomic mass is 35.5. The van der Waals surface area contributed by atoms with E-state index in [-0.39, 0.29) is 24.8 Å². The van der Waals surface area contributed by atoms with Crippen molar-refractivity contribution in [2.24, 2.45) is 0 Å². The molecule has 6 rings (SSSR count). The summed E-state index contributed by atoms with van der Waals surface area (Å²) in [5, 5.41) is 12.3. The minimum Gasteiger partial charge on any atom is -0.384 e. The summed E-state index contributed by atoms with van der Waals surface area (Å²) >= 11 is 0. The average molecular weight is 600 g/mol. The van der Waals surface area contributed by atoms with E-state index in [0.29, 0.717) is 0 Å². The van der Waals surface area contributed by atoms with Crippen molar-refractivity contribution >= 4 is 79.8 Å². The molecule has 2 heterocycles. The maximum Gasteiger partial charge on any atom is 0.0733 e. The van der Waals surface area contributed by atoms with Crippen LogP contribution >= 0.6 is 24.8 Å². The Morgan fingerprint density at radius 3 is 1.29 bits per heavy atom. The first-order valence-corrected chi connectivity index (χ1v) is 14.7. The number of hydrogen-bond acceptors (Lipinski definition) is 4. The van der Waals surface area contributed by atoms with E-state index in [2.05, 4.69) is 109 Å². The molecule has 0 amide bonds. The molecule has 0 unspecified atom stereocenters. The van der Waals surface area contributed by atoms with E-state index in [4.69, 9.17) is 9.97 Å². The summed E-state index contributed by atoms with van der Waals surface area (Å²) in [7, 11) is 0. The number of anilines is 2. The molecule has 42 heavy (non-hydrogen) atoms. The van der Waals surface area contributed by atoms with E-state index >= 15 is 0 Å². The third kappa shape index (κ3) is 6.88. The highest BCUT2D eigenvalue weighted by Gasteiger charge is 2.10. The van der Waals surface area contributed by atoms with Crippen LogP contribution in [0.15, 0.2) is 84.9 Å². The number of benzene rings is 4. The van der Waals surface area contributed by atoms with Gasteiger partial charge in [-0.15, -0.1) is 24.8 Å². The molecule has 0 aliphatic heterocycles. The Labute approximate surface area is 261 Å². The molecule has 0 atom stereocenters. The van der Waals surface area contributed by atoms with Gasteiger partial charge in [-0.2, -0.15) is 0 Å². The Morgan fingerprint density at radius 1 is 0.452 bits per heavy atom. The lowest BCUT2D eigenvalue weighted by Gasteiger charge is -2.14. The number of nitrogens with one attached hydrogen (secondary N) is 2. The van der Waals surface area contributed by atoms with Crippen LogP contribution in [0.2, 0.25) is 0 Å². The average Bonchev–Trinajstić information content (AvgIpc) is 2.96. The monoisotopic (exact) mass is 598 g/mol. The lowest BCUT2D eigenvalue weighted by molar-refractivity contribution is 0.610. The number of pyridine rings is 2. The molecule has 4 nitrogen and oxygen atoms in total. The third-order valence-electron chi connectivity index (χ3n) is 7.88. The summed E-state index contributed by atoms with van der Waals surface area (Å²) in [6.07, 6.45) is 7.41. The fourth-order valence-electron chi connectivity index (χ4n) is 5.77. The first-order chi connectivity index (χ1) is 19.7. The molecule has 218 valence electrons. The number of aryl methyl sites for hydroxylation is 2. The van der Waals surface area contributed by atoms with E-state index in [1.807, 2.05) is 0 Å². The predicted octanol–water partition coefficient (Wildman–Crippen LogP) is 10.4. The van der Waals surface area contributed by atoms with E-state index < -0.39 is 0 Å². The minimum absolute atomic E-state index is 0.